The Labute approximate surface area is 87.7 Å². The predicted molar refractivity (Wildman–Crippen MR) is 54.2 cm³/mol. The van der Waals surface area contributed by atoms with Crippen LogP contribution in [-0.2, 0) is 0 Å². The van der Waals surface area contributed by atoms with E-state index in [1.54, 1.807) is 0 Å². The minimum atomic E-state index is -0.800. The van der Waals surface area contributed by atoms with Crippen LogP contribution in [0.15, 0.2) is 18.2 Å². The zero-order valence-electron chi connectivity index (χ0n) is 8.58. The molecule has 0 heterocycles. The number of halogens is 2. The molecule has 3 N–H and O–H groups in total. The molecule has 0 aliphatic carbocycles. The van der Waals surface area contributed by atoms with Crippen LogP contribution in [0.4, 0.5) is 8.78 Å². The van der Waals surface area contributed by atoms with Crippen LogP contribution in [0.5, 0.6) is 0 Å². The van der Waals surface area contributed by atoms with Gasteiger partial charge in [0.15, 0.2) is 0 Å². The Balaban J connectivity index is 2.86. The quantitative estimate of drug-likeness (QED) is 0.808. The van der Waals surface area contributed by atoms with Crippen LogP contribution in [0.1, 0.15) is 31.4 Å². The van der Waals surface area contributed by atoms with Gasteiger partial charge in [0.05, 0.1) is 12.1 Å². The highest BCUT2D eigenvalue weighted by Crippen LogP contribution is 2.21. The standard InChI is InChI=1S/C11H15F2NO/c1-2-3-10(15)11(14)8-5-4-7(12)6-9(8)13/h4-6,10-11,15H,2-3,14H2,1H3/t10-,11+/m0/s1. The second-order valence-corrected chi connectivity index (χ2v) is 3.55. The molecule has 0 aliphatic rings. The number of aliphatic hydroxyl groups is 1. The van der Waals surface area contributed by atoms with E-state index in [1.807, 2.05) is 6.92 Å². The summed E-state index contributed by atoms with van der Waals surface area (Å²) in [5, 5.41) is 9.58. The third kappa shape index (κ3) is 2.97. The van der Waals surface area contributed by atoms with Crippen molar-refractivity contribution in [3.8, 4) is 0 Å². The lowest BCUT2D eigenvalue weighted by atomic mass is 9.99. The largest absolute Gasteiger partial charge is 0.391 e. The van der Waals surface area contributed by atoms with E-state index in [1.165, 1.54) is 6.07 Å². The first-order valence-corrected chi connectivity index (χ1v) is 4.94. The van der Waals surface area contributed by atoms with Crippen LogP contribution in [0.3, 0.4) is 0 Å². The molecular formula is C11H15F2NO. The monoisotopic (exact) mass is 215 g/mol. The topological polar surface area (TPSA) is 46.2 Å². The summed E-state index contributed by atoms with van der Waals surface area (Å²) in [6.45, 7) is 1.90. The first-order valence-electron chi connectivity index (χ1n) is 4.94. The zero-order valence-corrected chi connectivity index (χ0v) is 8.58. The van der Waals surface area contributed by atoms with Crippen molar-refractivity contribution in [3.63, 3.8) is 0 Å². The van der Waals surface area contributed by atoms with E-state index >= 15 is 0 Å². The van der Waals surface area contributed by atoms with Gasteiger partial charge in [0, 0.05) is 11.6 Å². The van der Waals surface area contributed by atoms with Gasteiger partial charge in [0.25, 0.3) is 0 Å². The number of hydrogen-bond donors (Lipinski definition) is 2. The first-order chi connectivity index (χ1) is 7.06. The van der Waals surface area contributed by atoms with Crippen LogP contribution in [0.2, 0.25) is 0 Å². The Morgan fingerprint density at radius 3 is 2.60 bits per heavy atom. The van der Waals surface area contributed by atoms with Crippen molar-refractivity contribution in [2.24, 2.45) is 5.73 Å². The number of hydrogen-bond acceptors (Lipinski definition) is 2. The van der Waals surface area contributed by atoms with Gasteiger partial charge in [-0.2, -0.15) is 0 Å². The number of rotatable bonds is 4. The number of benzene rings is 1. The van der Waals surface area contributed by atoms with Crippen molar-refractivity contribution in [1.29, 1.82) is 0 Å². The van der Waals surface area contributed by atoms with Crippen molar-refractivity contribution in [1.82, 2.24) is 0 Å². The van der Waals surface area contributed by atoms with Gasteiger partial charge in [-0.1, -0.05) is 19.4 Å². The highest BCUT2D eigenvalue weighted by atomic mass is 19.1. The fourth-order valence-electron chi connectivity index (χ4n) is 1.45. The fourth-order valence-corrected chi connectivity index (χ4v) is 1.45. The molecule has 1 aromatic rings. The average molecular weight is 215 g/mol. The van der Waals surface area contributed by atoms with E-state index in [-0.39, 0.29) is 5.56 Å². The molecule has 0 saturated heterocycles. The SMILES string of the molecule is CCC[C@H](O)[C@H](N)c1ccc(F)cc1F. The van der Waals surface area contributed by atoms with Crippen LogP contribution in [-0.4, -0.2) is 11.2 Å². The molecule has 1 rings (SSSR count). The Bertz CT molecular complexity index is 330. The molecule has 4 heteroatoms. The first kappa shape index (κ1) is 12.1. The Morgan fingerprint density at radius 2 is 2.07 bits per heavy atom. The molecule has 84 valence electrons. The van der Waals surface area contributed by atoms with Gasteiger partial charge in [0.2, 0.25) is 0 Å². The van der Waals surface area contributed by atoms with Gasteiger partial charge >= 0.3 is 0 Å². The molecule has 0 saturated carbocycles. The molecule has 0 spiro atoms. The van der Waals surface area contributed by atoms with Crippen molar-refractivity contribution >= 4 is 0 Å². The maximum atomic E-state index is 13.3. The van der Waals surface area contributed by atoms with Crippen molar-refractivity contribution < 1.29 is 13.9 Å². The van der Waals surface area contributed by atoms with E-state index in [0.29, 0.717) is 6.42 Å². The molecular weight excluding hydrogens is 200 g/mol. The number of aliphatic hydroxyl groups excluding tert-OH is 1. The molecule has 0 amide bonds. The van der Waals surface area contributed by atoms with Crippen molar-refractivity contribution in [3.05, 3.63) is 35.4 Å². The smallest absolute Gasteiger partial charge is 0.130 e. The predicted octanol–water partition coefficient (Wildman–Crippen LogP) is 2.13. The molecule has 2 nitrogen and oxygen atoms in total. The molecule has 0 aromatic heterocycles. The molecule has 0 fully saturated rings. The second kappa shape index (κ2) is 5.19. The third-order valence-electron chi connectivity index (χ3n) is 2.32. The summed E-state index contributed by atoms with van der Waals surface area (Å²) >= 11 is 0. The summed E-state index contributed by atoms with van der Waals surface area (Å²) in [5.41, 5.74) is 5.81. The summed E-state index contributed by atoms with van der Waals surface area (Å²) in [6, 6.07) is 2.38. The van der Waals surface area contributed by atoms with Gasteiger partial charge in [-0.15, -0.1) is 0 Å². The van der Waals surface area contributed by atoms with Crippen molar-refractivity contribution in [2.75, 3.05) is 0 Å². The molecule has 0 bridgehead atoms. The maximum Gasteiger partial charge on any atom is 0.130 e. The van der Waals surface area contributed by atoms with Crippen LogP contribution in [0.25, 0.3) is 0 Å². The molecule has 0 radical (unpaired) electrons. The minimum absolute atomic E-state index is 0.150. The minimum Gasteiger partial charge on any atom is -0.391 e. The lowest BCUT2D eigenvalue weighted by Crippen LogP contribution is -2.26. The molecule has 0 unspecified atom stereocenters. The maximum absolute atomic E-state index is 13.3. The highest BCUT2D eigenvalue weighted by Gasteiger charge is 2.19. The van der Waals surface area contributed by atoms with E-state index in [9.17, 15) is 13.9 Å². The molecule has 0 aliphatic heterocycles. The lowest BCUT2D eigenvalue weighted by molar-refractivity contribution is 0.132. The summed E-state index contributed by atoms with van der Waals surface area (Å²) in [6.07, 6.45) is 0.463. The molecule has 2 atom stereocenters. The van der Waals surface area contributed by atoms with E-state index < -0.39 is 23.8 Å². The van der Waals surface area contributed by atoms with Gasteiger partial charge in [-0.3, -0.25) is 0 Å². The van der Waals surface area contributed by atoms with Gasteiger partial charge in [-0.25, -0.2) is 8.78 Å². The van der Waals surface area contributed by atoms with Crippen LogP contribution < -0.4 is 5.73 Å². The molecule has 1 aromatic carbocycles. The van der Waals surface area contributed by atoms with Gasteiger partial charge < -0.3 is 10.8 Å². The average Bonchev–Trinajstić information content (AvgIpc) is 2.17. The second-order valence-electron chi connectivity index (χ2n) is 3.55. The van der Waals surface area contributed by atoms with Gasteiger partial charge in [0.1, 0.15) is 11.6 Å². The van der Waals surface area contributed by atoms with E-state index in [4.69, 9.17) is 5.73 Å². The van der Waals surface area contributed by atoms with Crippen LogP contribution in [0, 0.1) is 11.6 Å². The summed E-state index contributed by atoms with van der Waals surface area (Å²) < 4.78 is 25.9. The van der Waals surface area contributed by atoms with Crippen molar-refractivity contribution in [2.45, 2.75) is 31.9 Å². The third-order valence-corrected chi connectivity index (χ3v) is 2.32. The highest BCUT2D eigenvalue weighted by molar-refractivity contribution is 5.22. The fraction of sp³-hybridized carbons (Fsp3) is 0.455. The number of nitrogens with two attached hydrogens (primary N) is 1. The summed E-state index contributed by atoms with van der Waals surface area (Å²) in [5.74, 6) is -1.36. The zero-order chi connectivity index (χ0) is 11.4. The van der Waals surface area contributed by atoms with E-state index in [0.717, 1.165) is 18.6 Å². The Kier molecular flexibility index (Phi) is 4.17. The van der Waals surface area contributed by atoms with Gasteiger partial charge in [-0.05, 0) is 12.5 Å². The summed E-state index contributed by atoms with van der Waals surface area (Å²) in [7, 11) is 0. The summed E-state index contributed by atoms with van der Waals surface area (Å²) in [4.78, 5) is 0. The normalized spacial score (nSPS) is 15.0. The Hall–Kier alpha value is -1.00. The molecule has 15 heavy (non-hydrogen) atoms. The van der Waals surface area contributed by atoms with Crippen LogP contribution >= 0.6 is 0 Å². The Morgan fingerprint density at radius 1 is 1.40 bits per heavy atom. The lowest BCUT2D eigenvalue weighted by Gasteiger charge is -2.19. The van der Waals surface area contributed by atoms with E-state index in [2.05, 4.69) is 0 Å².